The Morgan fingerprint density at radius 2 is 1.31 bits per heavy atom. The van der Waals surface area contributed by atoms with Crippen molar-refractivity contribution in [1.29, 1.82) is 0 Å². The minimum Gasteiger partial charge on any atom is -0.481 e. The largest absolute Gasteiger partial charge is 0.481 e. The van der Waals surface area contributed by atoms with Crippen molar-refractivity contribution in [1.82, 2.24) is 0 Å². The normalized spacial score (nSPS) is 11.2. The molecule has 0 saturated heterocycles. The number of benzene rings is 1. The van der Waals surface area contributed by atoms with Gasteiger partial charge in [0.15, 0.2) is 0 Å². The Bertz CT molecular complexity index is 770. The molecule has 0 aromatic heterocycles. The summed E-state index contributed by atoms with van der Waals surface area (Å²) in [7, 11) is 0. The summed E-state index contributed by atoms with van der Waals surface area (Å²) in [6, 6.07) is 1.25. The average molecular weight is 368 g/mol. The van der Waals surface area contributed by atoms with Gasteiger partial charge in [-0.15, -0.1) is 0 Å². The van der Waals surface area contributed by atoms with E-state index < -0.39 is 55.2 Å². The second-order valence-corrected chi connectivity index (χ2v) is 5.99. The van der Waals surface area contributed by atoms with Crippen molar-refractivity contribution in [2.45, 2.75) is 38.3 Å². The summed E-state index contributed by atoms with van der Waals surface area (Å²) in [5.74, 6) is -5.11. The van der Waals surface area contributed by atoms with E-state index in [1.807, 2.05) is 0 Å². The predicted octanol–water partition coefficient (Wildman–Crippen LogP) is -0.579. The summed E-state index contributed by atoms with van der Waals surface area (Å²) in [6.07, 6.45) is -2.46. The molecule has 0 spiro atoms. The van der Waals surface area contributed by atoms with Crippen LogP contribution < -0.4 is 11.5 Å². The standard InChI is InChI=1S/C16H20N2O8/c1-7-9(4-13(21)22)10(5-14(23)24)8(3-12(19)20)2-11(7)16(17,18)6-15(25)26/h2H,3-6,17-18H2,1H3,(H,19,20)(H,21,22)(H,23,24)(H,25,26). The molecule has 1 aromatic carbocycles. The Kier molecular flexibility index (Phi) is 6.43. The van der Waals surface area contributed by atoms with Gasteiger partial charge in [-0.1, -0.05) is 6.07 Å². The lowest BCUT2D eigenvalue weighted by molar-refractivity contribution is -0.139. The fraction of sp³-hybridized carbons (Fsp3) is 0.375. The molecule has 0 fully saturated rings. The lowest BCUT2D eigenvalue weighted by Crippen LogP contribution is -2.48. The lowest BCUT2D eigenvalue weighted by atomic mass is 9.83. The number of aliphatic carboxylic acids is 4. The van der Waals surface area contributed by atoms with Crippen LogP contribution in [0.3, 0.4) is 0 Å². The lowest BCUT2D eigenvalue weighted by Gasteiger charge is -2.28. The monoisotopic (exact) mass is 368 g/mol. The zero-order valence-electron chi connectivity index (χ0n) is 14.0. The fourth-order valence-electron chi connectivity index (χ4n) is 2.86. The molecule has 8 N–H and O–H groups in total. The topological polar surface area (TPSA) is 201 Å². The van der Waals surface area contributed by atoms with Crippen molar-refractivity contribution in [3.63, 3.8) is 0 Å². The number of carboxylic acid groups (broad SMARTS) is 4. The van der Waals surface area contributed by atoms with Crippen LogP contribution in [0, 0.1) is 6.92 Å². The Morgan fingerprint density at radius 1 is 0.846 bits per heavy atom. The molecule has 0 aliphatic carbocycles. The van der Waals surface area contributed by atoms with E-state index >= 15 is 0 Å². The first kappa shape index (κ1) is 21.1. The van der Waals surface area contributed by atoms with Crippen LogP contribution in [0.15, 0.2) is 6.07 Å². The van der Waals surface area contributed by atoms with Crippen LogP contribution >= 0.6 is 0 Å². The van der Waals surface area contributed by atoms with E-state index in [1.165, 1.54) is 13.0 Å². The number of carboxylic acids is 4. The molecular formula is C16H20N2O8. The Labute approximate surface area is 148 Å². The van der Waals surface area contributed by atoms with Crippen molar-refractivity contribution in [2.75, 3.05) is 0 Å². The molecule has 0 radical (unpaired) electrons. The SMILES string of the molecule is Cc1c(C(N)(N)CC(=O)O)cc(CC(=O)O)c(CC(=O)O)c1CC(=O)O. The molecular weight excluding hydrogens is 348 g/mol. The average Bonchev–Trinajstić information content (AvgIpc) is 2.42. The van der Waals surface area contributed by atoms with Crippen molar-refractivity contribution in [2.24, 2.45) is 11.5 Å². The van der Waals surface area contributed by atoms with Gasteiger partial charge in [0.1, 0.15) is 5.66 Å². The van der Waals surface area contributed by atoms with Crippen LogP contribution in [0.2, 0.25) is 0 Å². The minimum absolute atomic E-state index is 0.0300. The quantitative estimate of drug-likeness (QED) is 0.306. The van der Waals surface area contributed by atoms with E-state index in [-0.39, 0.29) is 27.8 Å². The molecule has 26 heavy (non-hydrogen) atoms. The molecule has 0 aliphatic rings. The maximum atomic E-state index is 11.2. The maximum Gasteiger partial charge on any atom is 0.307 e. The summed E-state index contributed by atoms with van der Waals surface area (Å²) in [5, 5.41) is 36.3. The summed E-state index contributed by atoms with van der Waals surface area (Å²) >= 11 is 0. The first-order chi connectivity index (χ1) is 11.8. The number of nitrogens with two attached hydrogens (primary N) is 2. The molecule has 10 nitrogen and oxygen atoms in total. The van der Waals surface area contributed by atoms with Gasteiger partial charge in [-0.2, -0.15) is 0 Å². The van der Waals surface area contributed by atoms with Crippen molar-refractivity contribution in [3.8, 4) is 0 Å². The first-order valence-electron chi connectivity index (χ1n) is 7.44. The van der Waals surface area contributed by atoms with Gasteiger partial charge in [0.25, 0.3) is 0 Å². The predicted molar refractivity (Wildman–Crippen MR) is 87.5 cm³/mol. The summed E-state index contributed by atoms with van der Waals surface area (Å²) in [6.45, 7) is 1.44. The highest BCUT2D eigenvalue weighted by molar-refractivity contribution is 5.79. The zero-order chi connectivity index (χ0) is 20.2. The number of carbonyl (C=O) groups is 4. The van der Waals surface area contributed by atoms with Crippen molar-refractivity contribution >= 4 is 23.9 Å². The summed E-state index contributed by atoms with van der Waals surface area (Å²) in [5.41, 5.74) is 10.3. The van der Waals surface area contributed by atoms with Gasteiger partial charge >= 0.3 is 23.9 Å². The molecule has 0 aliphatic heterocycles. The summed E-state index contributed by atoms with van der Waals surface area (Å²) < 4.78 is 0. The molecule has 0 heterocycles. The van der Waals surface area contributed by atoms with Crippen molar-refractivity contribution in [3.05, 3.63) is 33.9 Å². The Hall–Kier alpha value is -2.98. The molecule has 142 valence electrons. The highest BCUT2D eigenvalue weighted by atomic mass is 16.4. The van der Waals surface area contributed by atoms with E-state index in [2.05, 4.69) is 0 Å². The van der Waals surface area contributed by atoms with E-state index in [0.29, 0.717) is 0 Å². The third-order valence-corrected chi connectivity index (χ3v) is 3.87. The van der Waals surface area contributed by atoms with Crippen LogP contribution in [0.25, 0.3) is 0 Å². The molecule has 0 bridgehead atoms. The van der Waals surface area contributed by atoms with Gasteiger partial charge in [0.05, 0.1) is 25.7 Å². The molecule has 1 rings (SSSR count). The molecule has 0 unspecified atom stereocenters. The first-order valence-corrected chi connectivity index (χ1v) is 7.44. The Morgan fingerprint density at radius 3 is 1.73 bits per heavy atom. The zero-order valence-corrected chi connectivity index (χ0v) is 14.0. The Balaban J connectivity index is 3.77. The fourth-order valence-corrected chi connectivity index (χ4v) is 2.86. The molecule has 1 aromatic rings. The highest BCUT2D eigenvalue weighted by Gasteiger charge is 2.31. The maximum absolute atomic E-state index is 11.2. The molecule has 10 heteroatoms. The minimum atomic E-state index is -1.89. The van der Waals surface area contributed by atoms with Gasteiger partial charge in [-0.05, 0) is 34.7 Å². The van der Waals surface area contributed by atoms with Crippen molar-refractivity contribution < 1.29 is 39.6 Å². The number of rotatable bonds is 9. The highest BCUT2D eigenvalue weighted by Crippen LogP contribution is 2.30. The molecule has 0 amide bonds. The number of hydrogen-bond acceptors (Lipinski definition) is 6. The van der Waals surface area contributed by atoms with Gasteiger partial charge in [-0.25, -0.2) is 0 Å². The van der Waals surface area contributed by atoms with Gasteiger partial charge in [-0.3, -0.25) is 19.2 Å². The second-order valence-electron chi connectivity index (χ2n) is 5.99. The number of hydrogen-bond donors (Lipinski definition) is 6. The molecule has 0 saturated carbocycles. The van der Waals surface area contributed by atoms with Gasteiger partial charge in [0, 0.05) is 0 Å². The third-order valence-electron chi connectivity index (χ3n) is 3.87. The van der Waals surface area contributed by atoms with Gasteiger partial charge in [0.2, 0.25) is 0 Å². The van der Waals surface area contributed by atoms with Gasteiger partial charge < -0.3 is 31.9 Å². The third kappa shape index (κ3) is 5.26. The van der Waals surface area contributed by atoms with Crippen LogP contribution in [0.4, 0.5) is 0 Å². The molecule has 0 atom stereocenters. The van der Waals surface area contributed by atoms with E-state index in [9.17, 15) is 19.2 Å². The second kappa shape index (κ2) is 7.93. The summed E-state index contributed by atoms with van der Waals surface area (Å²) in [4.78, 5) is 44.5. The van der Waals surface area contributed by atoms with E-state index in [4.69, 9.17) is 31.9 Å². The van der Waals surface area contributed by atoms with Crippen LogP contribution in [0.1, 0.15) is 34.2 Å². The van der Waals surface area contributed by atoms with Crippen LogP contribution in [-0.2, 0) is 44.1 Å². The van der Waals surface area contributed by atoms with E-state index in [0.717, 1.165) is 0 Å². The smallest absolute Gasteiger partial charge is 0.307 e. The van der Waals surface area contributed by atoms with Crippen LogP contribution in [-0.4, -0.2) is 44.3 Å². The van der Waals surface area contributed by atoms with E-state index in [1.54, 1.807) is 0 Å². The van der Waals surface area contributed by atoms with Crippen LogP contribution in [0.5, 0.6) is 0 Å².